The monoisotopic (exact) mass is 280 g/mol. The van der Waals surface area contributed by atoms with Crippen LogP contribution in [0.2, 0.25) is 0 Å². The maximum Gasteiger partial charge on any atom is 0.158 e. The maximum absolute atomic E-state index is 5.42. The van der Waals surface area contributed by atoms with Crippen molar-refractivity contribution < 1.29 is 4.74 Å². The van der Waals surface area contributed by atoms with E-state index in [0.29, 0.717) is 24.3 Å². The third-order valence-corrected chi connectivity index (χ3v) is 3.54. The molecule has 1 unspecified atom stereocenters. The van der Waals surface area contributed by atoms with Crippen LogP contribution >= 0.6 is 0 Å². The Hall–Kier alpha value is -1.44. The van der Waals surface area contributed by atoms with Crippen molar-refractivity contribution in [1.82, 2.24) is 14.9 Å². The number of nitrogen functional groups attached to an aromatic ring is 1. The SMILES string of the molecule is COCc1nc(NN)cc(NCC(C)N2CCCC2)n1. The molecule has 0 bridgehead atoms. The predicted octanol–water partition coefficient (Wildman–Crippen LogP) is 0.805. The Kier molecular flexibility index (Phi) is 5.51. The Morgan fingerprint density at radius 2 is 2.05 bits per heavy atom. The first-order valence-electron chi connectivity index (χ1n) is 7.04. The van der Waals surface area contributed by atoms with Crippen LogP contribution < -0.4 is 16.6 Å². The number of rotatable bonds is 7. The molecular weight excluding hydrogens is 256 g/mol. The normalized spacial score (nSPS) is 17.1. The van der Waals surface area contributed by atoms with E-state index < -0.39 is 0 Å². The molecule has 2 heterocycles. The molecule has 7 nitrogen and oxygen atoms in total. The molecule has 1 atom stereocenters. The van der Waals surface area contributed by atoms with E-state index in [-0.39, 0.29) is 0 Å². The van der Waals surface area contributed by atoms with Gasteiger partial charge in [0.15, 0.2) is 5.82 Å². The zero-order valence-electron chi connectivity index (χ0n) is 12.2. The quantitative estimate of drug-likeness (QED) is 0.503. The second-order valence-corrected chi connectivity index (χ2v) is 5.11. The molecule has 1 saturated heterocycles. The summed E-state index contributed by atoms with van der Waals surface area (Å²) < 4.78 is 5.06. The summed E-state index contributed by atoms with van der Waals surface area (Å²) in [6, 6.07) is 2.29. The topological polar surface area (TPSA) is 88.3 Å². The average molecular weight is 280 g/mol. The van der Waals surface area contributed by atoms with Crippen LogP contribution in [-0.2, 0) is 11.3 Å². The van der Waals surface area contributed by atoms with Crippen molar-refractivity contribution in [1.29, 1.82) is 0 Å². The number of ether oxygens (including phenoxy) is 1. The first-order valence-corrected chi connectivity index (χ1v) is 7.04. The molecule has 0 radical (unpaired) electrons. The van der Waals surface area contributed by atoms with Crippen LogP contribution in [0.5, 0.6) is 0 Å². The fraction of sp³-hybridized carbons (Fsp3) is 0.692. The van der Waals surface area contributed by atoms with Crippen molar-refractivity contribution in [2.45, 2.75) is 32.4 Å². The zero-order chi connectivity index (χ0) is 14.4. The largest absolute Gasteiger partial charge is 0.377 e. The lowest BCUT2D eigenvalue weighted by Gasteiger charge is -2.24. The smallest absolute Gasteiger partial charge is 0.158 e. The number of hydrazine groups is 1. The molecule has 0 aliphatic carbocycles. The van der Waals surface area contributed by atoms with Gasteiger partial charge in [-0.3, -0.25) is 4.90 Å². The molecule has 20 heavy (non-hydrogen) atoms. The molecule has 112 valence electrons. The van der Waals surface area contributed by atoms with Gasteiger partial charge in [0, 0.05) is 25.8 Å². The van der Waals surface area contributed by atoms with E-state index >= 15 is 0 Å². The molecule has 0 amide bonds. The highest BCUT2D eigenvalue weighted by Crippen LogP contribution is 2.14. The molecular formula is C13H24N6O. The first kappa shape index (κ1) is 15.0. The predicted molar refractivity (Wildman–Crippen MR) is 79.3 cm³/mol. The average Bonchev–Trinajstić information content (AvgIpc) is 2.99. The number of methoxy groups -OCH3 is 1. The molecule has 1 fully saturated rings. The van der Waals surface area contributed by atoms with E-state index in [1.807, 2.05) is 0 Å². The third-order valence-electron chi connectivity index (χ3n) is 3.54. The molecule has 1 aliphatic heterocycles. The van der Waals surface area contributed by atoms with Crippen LogP contribution in [0, 0.1) is 0 Å². The maximum atomic E-state index is 5.42. The Balaban J connectivity index is 1.95. The fourth-order valence-electron chi connectivity index (χ4n) is 2.42. The van der Waals surface area contributed by atoms with Gasteiger partial charge in [0.1, 0.15) is 18.2 Å². The number of likely N-dealkylation sites (tertiary alicyclic amines) is 1. The second kappa shape index (κ2) is 7.37. The van der Waals surface area contributed by atoms with Crippen LogP contribution in [0.15, 0.2) is 6.07 Å². The summed E-state index contributed by atoms with van der Waals surface area (Å²) in [6.45, 7) is 5.84. The van der Waals surface area contributed by atoms with Crippen molar-refractivity contribution >= 4 is 11.6 Å². The summed E-state index contributed by atoms with van der Waals surface area (Å²) in [5.74, 6) is 7.39. The summed E-state index contributed by atoms with van der Waals surface area (Å²) in [5, 5.41) is 3.35. The van der Waals surface area contributed by atoms with E-state index in [0.717, 1.165) is 12.4 Å². The van der Waals surface area contributed by atoms with Gasteiger partial charge in [-0.05, 0) is 32.9 Å². The third kappa shape index (κ3) is 4.03. The van der Waals surface area contributed by atoms with Gasteiger partial charge >= 0.3 is 0 Å². The van der Waals surface area contributed by atoms with E-state index in [1.165, 1.54) is 25.9 Å². The number of hydrogen-bond donors (Lipinski definition) is 3. The van der Waals surface area contributed by atoms with Gasteiger partial charge in [-0.15, -0.1) is 0 Å². The summed E-state index contributed by atoms with van der Waals surface area (Å²) in [6.07, 6.45) is 2.61. The van der Waals surface area contributed by atoms with Crippen LogP contribution in [-0.4, -0.2) is 47.7 Å². The molecule has 4 N–H and O–H groups in total. The van der Waals surface area contributed by atoms with E-state index in [1.54, 1.807) is 13.2 Å². The molecule has 0 aromatic carbocycles. The second-order valence-electron chi connectivity index (χ2n) is 5.11. The van der Waals surface area contributed by atoms with Crippen LogP contribution in [0.1, 0.15) is 25.6 Å². The fourth-order valence-corrected chi connectivity index (χ4v) is 2.42. The molecule has 7 heteroatoms. The molecule has 0 saturated carbocycles. The lowest BCUT2D eigenvalue weighted by atomic mass is 10.3. The highest BCUT2D eigenvalue weighted by molar-refractivity contribution is 5.46. The van der Waals surface area contributed by atoms with Crippen LogP contribution in [0.3, 0.4) is 0 Å². The molecule has 2 rings (SSSR count). The number of anilines is 2. The summed E-state index contributed by atoms with van der Waals surface area (Å²) in [5.41, 5.74) is 2.55. The Morgan fingerprint density at radius 1 is 1.35 bits per heavy atom. The van der Waals surface area contributed by atoms with Crippen molar-refractivity contribution in [3.8, 4) is 0 Å². The number of nitrogens with zero attached hydrogens (tertiary/aromatic N) is 3. The van der Waals surface area contributed by atoms with Gasteiger partial charge in [0.25, 0.3) is 0 Å². The van der Waals surface area contributed by atoms with Gasteiger partial charge < -0.3 is 15.5 Å². The minimum atomic E-state index is 0.367. The van der Waals surface area contributed by atoms with Gasteiger partial charge in [-0.25, -0.2) is 15.8 Å². The standard InChI is InChI=1S/C13H24N6O/c1-10(19-5-3-4-6-19)8-15-11-7-12(18-14)17-13(16-11)9-20-2/h7,10H,3-6,8-9,14H2,1-2H3,(H2,15,16,17,18). The van der Waals surface area contributed by atoms with E-state index in [9.17, 15) is 0 Å². The van der Waals surface area contributed by atoms with Gasteiger partial charge in [0.05, 0.1) is 0 Å². The number of aromatic nitrogens is 2. The number of hydrogen-bond acceptors (Lipinski definition) is 7. The Morgan fingerprint density at radius 3 is 2.70 bits per heavy atom. The van der Waals surface area contributed by atoms with Gasteiger partial charge in [-0.2, -0.15) is 0 Å². The van der Waals surface area contributed by atoms with Crippen molar-refractivity contribution in [2.75, 3.05) is 37.5 Å². The lowest BCUT2D eigenvalue weighted by molar-refractivity contribution is 0.178. The van der Waals surface area contributed by atoms with Crippen molar-refractivity contribution in [3.05, 3.63) is 11.9 Å². The lowest BCUT2D eigenvalue weighted by Crippen LogP contribution is -2.35. The van der Waals surface area contributed by atoms with E-state index in [4.69, 9.17) is 10.6 Å². The molecule has 1 aromatic rings. The molecule has 1 aromatic heterocycles. The Labute approximate surface area is 119 Å². The van der Waals surface area contributed by atoms with Crippen molar-refractivity contribution in [2.24, 2.45) is 5.84 Å². The van der Waals surface area contributed by atoms with Crippen LogP contribution in [0.4, 0.5) is 11.6 Å². The summed E-state index contributed by atoms with van der Waals surface area (Å²) in [4.78, 5) is 11.1. The number of nitrogens with one attached hydrogen (secondary N) is 2. The minimum Gasteiger partial charge on any atom is -0.377 e. The first-order chi connectivity index (χ1) is 9.72. The van der Waals surface area contributed by atoms with Gasteiger partial charge in [0.2, 0.25) is 0 Å². The highest BCUT2D eigenvalue weighted by Gasteiger charge is 2.17. The van der Waals surface area contributed by atoms with Crippen molar-refractivity contribution in [3.63, 3.8) is 0 Å². The summed E-state index contributed by atoms with van der Waals surface area (Å²) >= 11 is 0. The van der Waals surface area contributed by atoms with Crippen LogP contribution in [0.25, 0.3) is 0 Å². The number of nitrogens with two attached hydrogens (primary N) is 1. The highest BCUT2D eigenvalue weighted by atomic mass is 16.5. The molecule has 0 spiro atoms. The van der Waals surface area contributed by atoms with Gasteiger partial charge in [-0.1, -0.05) is 0 Å². The zero-order valence-corrected chi connectivity index (χ0v) is 12.2. The molecule has 1 aliphatic rings. The van der Waals surface area contributed by atoms with E-state index in [2.05, 4.69) is 32.5 Å². The minimum absolute atomic E-state index is 0.367. The summed E-state index contributed by atoms with van der Waals surface area (Å²) in [7, 11) is 1.62. The Bertz CT molecular complexity index is 421.